The van der Waals surface area contributed by atoms with E-state index in [4.69, 9.17) is 0 Å². The van der Waals surface area contributed by atoms with Crippen LogP contribution in [0.2, 0.25) is 0 Å². The first-order valence-corrected chi connectivity index (χ1v) is 7.20. The number of benzene rings is 1. The van der Waals surface area contributed by atoms with Crippen molar-refractivity contribution in [3.63, 3.8) is 0 Å². The molecule has 0 spiro atoms. The normalized spacial score (nSPS) is 19.6. The molecular formula is C16H22N2O2. The highest BCUT2D eigenvalue weighted by Gasteiger charge is 2.23. The number of nitrogens with zero attached hydrogens (tertiary/aromatic N) is 1. The van der Waals surface area contributed by atoms with Crippen molar-refractivity contribution in [2.45, 2.75) is 38.8 Å². The Kier molecular flexibility index (Phi) is 5.30. The molecule has 1 aliphatic heterocycles. The van der Waals surface area contributed by atoms with Crippen LogP contribution in [0.5, 0.6) is 0 Å². The highest BCUT2D eigenvalue weighted by molar-refractivity contribution is 5.78. The molecule has 2 rings (SSSR count). The monoisotopic (exact) mass is 274 g/mol. The number of aryl methyl sites for hydroxylation is 1. The SMILES string of the molecule is Cc1ccc(CNC(=O)CN2CCCCC2C=O)cc1. The maximum absolute atomic E-state index is 11.9. The van der Waals surface area contributed by atoms with Gasteiger partial charge in [0, 0.05) is 6.54 Å². The molecule has 1 amide bonds. The van der Waals surface area contributed by atoms with Crippen LogP contribution in [-0.4, -0.2) is 36.2 Å². The summed E-state index contributed by atoms with van der Waals surface area (Å²) < 4.78 is 0. The zero-order chi connectivity index (χ0) is 14.4. The van der Waals surface area contributed by atoms with Crippen molar-refractivity contribution in [3.8, 4) is 0 Å². The number of hydrogen-bond donors (Lipinski definition) is 1. The lowest BCUT2D eigenvalue weighted by Crippen LogP contribution is -2.46. The molecule has 0 radical (unpaired) electrons. The van der Waals surface area contributed by atoms with Gasteiger partial charge >= 0.3 is 0 Å². The van der Waals surface area contributed by atoms with Crippen LogP contribution in [-0.2, 0) is 16.1 Å². The van der Waals surface area contributed by atoms with Crippen LogP contribution >= 0.6 is 0 Å². The summed E-state index contributed by atoms with van der Waals surface area (Å²) in [5.41, 5.74) is 2.30. The largest absolute Gasteiger partial charge is 0.351 e. The van der Waals surface area contributed by atoms with E-state index in [9.17, 15) is 9.59 Å². The van der Waals surface area contributed by atoms with E-state index in [0.717, 1.165) is 37.7 Å². The molecule has 1 aromatic carbocycles. The minimum Gasteiger partial charge on any atom is -0.351 e. The van der Waals surface area contributed by atoms with Gasteiger partial charge < -0.3 is 10.1 Å². The van der Waals surface area contributed by atoms with E-state index < -0.39 is 0 Å². The molecule has 1 aliphatic rings. The average Bonchev–Trinajstić information content (AvgIpc) is 2.47. The minimum atomic E-state index is -0.0890. The first-order valence-electron chi connectivity index (χ1n) is 7.20. The molecule has 4 nitrogen and oxygen atoms in total. The lowest BCUT2D eigenvalue weighted by atomic mass is 10.0. The average molecular weight is 274 g/mol. The van der Waals surface area contributed by atoms with Gasteiger partial charge in [-0.1, -0.05) is 36.2 Å². The standard InChI is InChI=1S/C16H22N2O2/c1-13-5-7-14(8-6-13)10-17-16(20)11-18-9-3-2-4-15(18)12-19/h5-8,12,15H,2-4,9-11H2,1H3,(H,17,20). The predicted octanol–water partition coefficient (Wildman–Crippen LogP) is 1.66. The summed E-state index contributed by atoms with van der Waals surface area (Å²) in [6.45, 7) is 3.73. The van der Waals surface area contributed by atoms with Crippen LogP contribution in [0.1, 0.15) is 30.4 Å². The van der Waals surface area contributed by atoms with E-state index in [0.29, 0.717) is 13.1 Å². The smallest absolute Gasteiger partial charge is 0.234 e. The number of likely N-dealkylation sites (tertiary alicyclic amines) is 1. The van der Waals surface area contributed by atoms with E-state index >= 15 is 0 Å². The number of rotatable bonds is 5. The zero-order valence-corrected chi connectivity index (χ0v) is 12.0. The maximum Gasteiger partial charge on any atom is 0.234 e. The fourth-order valence-corrected chi connectivity index (χ4v) is 2.51. The van der Waals surface area contributed by atoms with E-state index in [-0.39, 0.29) is 11.9 Å². The second kappa shape index (κ2) is 7.20. The Hall–Kier alpha value is -1.68. The summed E-state index contributed by atoms with van der Waals surface area (Å²) in [5.74, 6) is -0.0145. The van der Waals surface area contributed by atoms with Crippen molar-refractivity contribution in [3.05, 3.63) is 35.4 Å². The number of piperidine rings is 1. The maximum atomic E-state index is 11.9. The Morgan fingerprint density at radius 1 is 1.35 bits per heavy atom. The molecule has 0 aromatic heterocycles. The predicted molar refractivity (Wildman–Crippen MR) is 78.3 cm³/mol. The van der Waals surface area contributed by atoms with Crippen molar-refractivity contribution in [1.82, 2.24) is 10.2 Å². The molecule has 0 saturated carbocycles. The molecule has 1 saturated heterocycles. The Morgan fingerprint density at radius 2 is 2.10 bits per heavy atom. The third kappa shape index (κ3) is 4.17. The molecule has 108 valence electrons. The van der Waals surface area contributed by atoms with Crippen molar-refractivity contribution in [1.29, 1.82) is 0 Å². The summed E-state index contributed by atoms with van der Waals surface area (Å²) >= 11 is 0. The Balaban J connectivity index is 1.79. The third-order valence-corrected chi connectivity index (χ3v) is 3.78. The fraction of sp³-hybridized carbons (Fsp3) is 0.500. The summed E-state index contributed by atoms with van der Waals surface area (Å²) in [5, 5.41) is 2.91. The van der Waals surface area contributed by atoms with Gasteiger partial charge in [0.05, 0.1) is 12.6 Å². The number of aldehydes is 1. The Morgan fingerprint density at radius 3 is 2.80 bits per heavy atom. The molecule has 0 aliphatic carbocycles. The first kappa shape index (κ1) is 14.7. The van der Waals surface area contributed by atoms with Crippen LogP contribution in [0, 0.1) is 6.92 Å². The summed E-state index contributed by atoms with van der Waals surface area (Å²) in [4.78, 5) is 24.9. The molecule has 1 heterocycles. The van der Waals surface area contributed by atoms with Crippen LogP contribution in [0.25, 0.3) is 0 Å². The van der Waals surface area contributed by atoms with E-state index in [2.05, 4.69) is 5.32 Å². The van der Waals surface area contributed by atoms with Gasteiger partial charge in [-0.25, -0.2) is 0 Å². The molecule has 1 unspecified atom stereocenters. The fourth-order valence-electron chi connectivity index (χ4n) is 2.51. The lowest BCUT2D eigenvalue weighted by Gasteiger charge is -2.31. The zero-order valence-electron chi connectivity index (χ0n) is 12.0. The quantitative estimate of drug-likeness (QED) is 0.831. The minimum absolute atomic E-state index is 0.0145. The van der Waals surface area contributed by atoms with E-state index in [1.54, 1.807) is 0 Å². The summed E-state index contributed by atoms with van der Waals surface area (Å²) in [6.07, 6.45) is 3.97. The molecular weight excluding hydrogens is 252 g/mol. The number of nitrogens with one attached hydrogen (secondary N) is 1. The van der Waals surface area contributed by atoms with Crippen molar-refractivity contribution < 1.29 is 9.59 Å². The van der Waals surface area contributed by atoms with Gasteiger partial charge in [-0.2, -0.15) is 0 Å². The first-order chi connectivity index (χ1) is 9.69. The molecule has 20 heavy (non-hydrogen) atoms. The van der Waals surface area contributed by atoms with Crippen molar-refractivity contribution >= 4 is 12.2 Å². The second-order valence-electron chi connectivity index (χ2n) is 5.43. The number of carbonyl (C=O) groups is 2. The van der Waals surface area contributed by atoms with Gasteiger partial charge in [0.25, 0.3) is 0 Å². The van der Waals surface area contributed by atoms with E-state index in [1.807, 2.05) is 36.1 Å². The van der Waals surface area contributed by atoms with Gasteiger partial charge in [0.2, 0.25) is 5.91 Å². The highest BCUT2D eigenvalue weighted by Crippen LogP contribution is 2.14. The van der Waals surface area contributed by atoms with Gasteiger partial charge in [-0.15, -0.1) is 0 Å². The van der Waals surface area contributed by atoms with E-state index in [1.165, 1.54) is 5.56 Å². The van der Waals surface area contributed by atoms with Crippen LogP contribution < -0.4 is 5.32 Å². The van der Waals surface area contributed by atoms with Crippen LogP contribution in [0.3, 0.4) is 0 Å². The number of carbonyl (C=O) groups excluding carboxylic acids is 2. The molecule has 1 aromatic rings. The Labute approximate surface area is 120 Å². The molecule has 1 atom stereocenters. The van der Waals surface area contributed by atoms with Gasteiger partial charge in [-0.3, -0.25) is 9.69 Å². The summed E-state index contributed by atoms with van der Waals surface area (Å²) in [7, 11) is 0. The molecule has 1 fully saturated rings. The molecule has 4 heteroatoms. The topological polar surface area (TPSA) is 49.4 Å². The number of hydrogen-bond acceptors (Lipinski definition) is 3. The lowest BCUT2D eigenvalue weighted by molar-refractivity contribution is -0.124. The molecule has 0 bridgehead atoms. The highest BCUT2D eigenvalue weighted by atomic mass is 16.2. The Bertz CT molecular complexity index is 456. The van der Waals surface area contributed by atoms with Gasteiger partial charge in [0.15, 0.2) is 0 Å². The van der Waals surface area contributed by atoms with Crippen LogP contribution in [0.15, 0.2) is 24.3 Å². The molecule has 1 N–H and O–H groups in total. The number of amides is 1. The van der Waals surface area contributed by atoms with Crippen molar-refractivity contribution in [2.24, 2.45) is 0 Å². The third-order valence-electron chi connectivity index (χ3n) is 3.78. The second-order valence-corrected chi connectivity index (χ2v) is 5.43. The summed E-state index contributed by atoms with van der Waals surface area (Å²) in [6, 6.07) is 8.02. The van der Waals surface area contributed by atoms with Gasteiger partial charge in [-0.05, 0) is 31.9 Å². The van der Waals surface area contributed by atoms with Gasteiger partial charge in [0.1, 0.15) is 6.29 Å². The van der Waals surface area contributed by atoms with Crippen LogP contribution in [0.4, 0.5) is 0 Å². The van der Waals surface area contributed by atoms with Crippen molar-refractivity contribution in [2.75, 3.05) is 13.1 Å².